The van der Waals surface area contributed by atoms with Crippen molar-refractivity contribution in [3.8, 4) is 0 Å². The number of rotatable bonds is 18. The van der Waals surface area contributed by atoms with Crippen LogP contribution in [0.5, 0.6) is 0 Å². The maximum atomic E-state index is 11.2. The second-order valence-electron chi connectivity index (χ2n) is 11.4. The smallest absolute Gasteiger partial charge is 0.330 e. The molecule has 0 N–H and O–H groups in total. The predicted molar refractivity (Wildman–Crippen MR) is 164 cm³/mol. The van der Waals surface area contributed by atoms with Gasteiger partial charge in [-0.1, -0.05) is 104 Å². The number of ether oxygens (including phenoxy) is 2. The Hall–Kier alpha value is -2.10. The number of carbonyl (C=O) groups excluding carboxylic acids is 2. The van der Waals surface area contributed by atoms with Crippen molar-refractivity contribution in [3.05, 3.63) is 47.6 Å². The highest BCUT2D eigenvalue weighted by Crippen LogP contribution is 2.17. The van der Waals surface area contributed by atoms with E-state index in [1.54, 1.807) is 12.2 Å². The van der Waals surface area contributed by atoms with E-state index in [2.05, 4.69) is 53.7 Å². The van der Waals surface area contributed by atoms with Gasteiger partial charge in [-0.25, -0.2) is 9.59 Å². The van der Waals surface area contributed by atoms with E-state index in [1.165, 1.54) is 38.5 Å². The van der Waals surface area contributed by atoms with Crippen LogP contribution >= 0.6 is 0 Å². The van der Waals surface area contributed by atoms with Crippen molar-refractivity contribution in [2.24, 2.45) is 23.7 Å². The second kappa shape index (κ2) is 25.2. The highest BCUT2D eigenvalue weighted by molar-refractivity contribution is 5.83. The molecule has 0 fully saturated rings. The molecule has 0 heterocycles. The van der Waals surface area contributed by atoms with Gasteiger partial charge in [-0.3, -0.25) is 0 Å². The molecule has 4 nitrogen and oxygen atoms in total. The maximum absolute atomic E-state index is 11.2. The van der Waals surface area contributed by atoms with E-state index >= 15 is 0 Å². The summed E-state index contributed by atoms with van der Waals surface area (Å²) in [6, 6.07) is 0. The Bertz CT molecular complexity index is 663. The van der Waals surface area contributed by atoms with Crippen molar-refractivity contribution in [1.29, 1.82) is 0 Å². The zero-order valence-corrected chi connectivity index (χ0v) is 26.5. The van der Waals surface area contributed by atoms with Crippen molar-refractivity contribution in [3.63, 3.8) is 0 Å². The second-order valence-corrected chi connectivity index (χ2v) is 11.4. The molecule has 0 aliphatic heterocycles. The fourth-order valence-electron chi connectivity index (χ4n) is 3.79. The molecular weight excluding hydrogens is 472 g/mol. The summed E-state index contributed by atoms with van der Waals surface area (Å²) in [7, 11) is 0. The van der Waals surface area contributed by atoms with Crippen LogP contribution in [0.4, 0.5) is 0 Å². The molecule has 0 radical (unpaired) electrons. The third kappa shape index (κ3) is 28.5. The van der Waals surface area contributed by atoms with E-state index in [-0.39, 0.29) is 11.9 Å². The topological polar surface area (TPSA) is 52.6 Å². The van der Waals surface area contributed by atoms with Gasteiger partial charge >= 0.3 is 11.9 Å². The molecule has 0 aromatic heterocycles. The lowest BCUT2D eigenvalue weighted by Crippen LogP contribution is -1.99. The van der Waals surface area contributed by atoms with Crippen molar-refractivity contribution in [2.45, 2.75) is 121 Å². The Morgan fingerprint density at radius 3 is 1.24 bits per heavy atom. The average molecular weight is 533 g/mol. The van der Waals surface area contributed by atoms with Crippen LogP contribution < -0.4 is 0 Å². The van der Waals surface area contributed by atoms with Crippen molar-refractivity contribution >= 4 is 11.9 Å². The molecule has 0 amide bonds. The molecule has 220 valence electrons. The molecule has 0 saturated carbocycles. The van der Waals surface area contributed by atoms with E-state index in [1.807, 2.05) is 39.8 Å². The van der Waals surface area contributed by atoms with Gasteiger partial charge in [-0.2, -0.15) is 0 Å². The minimum absolute atomic E-state index is 0.255. The van der Waals surface area contributed by atoms with E-state index in [0.29, 0.717) is 25.0 Å². The summed E-state index contributed by atoms with van der Waals surface area (Å²) >= 11 is 0. The van der Waals surface area contributed by atoms with Gasteiger partial charge in [0.05, 0.1) is 13.2 Å². The van der Waals surface area contributed by atoms with Crippen LogP contribution in [0.2, 0.25) is 0 Å². The Morgan fingerprint density at radius 2 is 0.947 bits per heavy atom. The minimum atomic E-state index is -0.255. The molecule has 2 atom stereocenters. The first kappa shape index (κ1) is 38.0. The van der Waals surface area contributed by atoms with Gasteiger partial charge in [0.2, 0.25) is 0 Å². The zero-order chi connectivity index (χ0) is 29.3. The summed E-state index contributed by atoms with van der Waals surface area (Å²) in [6.45, 7) is 22.0. The Kier molecular flexibility index (Phi) is 25.2. The SMILES string of the molecule is CCOC(=O)/C=C(C)/C=C/CC(C)CCCC(C)C.CCOC(=O)/C=C(C)/C=C/CC(C)CCCC(C)C. The van der Waals surface area contributed by atoms with E-state index < -0.39 is 0 Å². The lowest BCUT2D eigenvalue weighted by molar-refractivity contribution is -0.138. The van der Waals surface area contributed by atoms with Crippen LogP contribution in [0.3, 0.4) is 0 Å². The van der Waals surface area contributed by atoms with Gasteiger partial charge in [0, 0.05) is 12.2 Å². The van der Waals surface area contributed by atoms with E-state index in [4.69, 9.17) is 9.47 Å². The van der Waals surface area contributed by atoms with Crippen LogP contribution in [-0.4, -0.2) is 25.2 Å². The lowest BCUT2D eigenvalue weighted by Gasteiger charge is -2.09. The normalized spacial score (nSPS) is 14.1. The zero-order valence-electron chi connectivity index (χ0n) is 26.5. The first-order valence-corrected chi connectivity index (χ1v) is 14.9. The van der Waals surface area contributed by atoms with Crippen LogP contribution in [0.1, 0.15) is 121 Å². The largest absolute Gasteiger partial charge is 0.463 e. The lowest BCUT2D eigenvalue weighted by atomic mass is 9.97. The van der Waals surface area contributed by atoms with Crippen LogP contribution in [-0.2, 0) is 19.1 Å². The first-order valence-electron chi connectivity index (χ1n) is 14.9. The molecule has 0 aliphatic carbocycles. The minimum Gasteiger partial charge on any atom is -0.463 e. The van der Waals surface area contributed by atoms with Gasteiger partial charge < -0.3 is 9.47 Å². The average Bonchev–Trinajstić information content (AvgIpc) is 2.79. The van der Waals surface area contributed by atoms with Gasteiger partial charge in [0.25, 0.3) is 0 Å². The summed E-state index contributed by atoms with van der Waals surface area (Å²) in [5.41, 5.74) is 1.90. The molecule has 38 heavy (non-hydrogen) atoms. The molecule has 2 unspecified atom stereocenters. The Labute approximate surface area is 236 Å². The summed E-state index contributed by atoms with van der Waals surface area (Å²) in [5.74, 6) is 2.52. The number of allylic oxidation sites excluding steroid dienone is 6. The van der Waals surface area contributed by atoms with Crippen molar-refractivity contribution in [2.75, 3.05) is 13.2 Å². The van der Waals surface area contributed by atoms with Crippen LogP contribution in [0.15, 0.2) is 47.6 Å². The number of esters is 2. The molecule has 0 aromatic carbocycles. The third-order valence-corrected chi connectivity index (χ3v) is 6.06. The maximum Gasteiger partial charge on any atom is 0.330 e. The van der Waals surface area contributed by atoms with Crippen LogP contribution in [0, 0.1) is 23.7 Å². The highest BCUT2D eigenvalue weighted by atomic mass is 16.5. The molecule has 0 bridgehead atoms. The van der Waals surface area contributed by atoms with Gasteiger partial charge in [-0.05, 0) is 75.4 Å². The first-order chi connectivity index (χ1) is 17.9. The fourth-order valence-corrected chi connectivity index (χ4v) is 3.79. The quantitative estimate of drug-likeness (QED) is 0.100. The van der Waals surface area contributed by atoms with Crippen LogP contribution in [0.25, 0.3) is 0 Å². The summed E-state index contributed by atoms with van der Waals surface area (Å²) in [5, 5.41) is 0. The number of carbonyl (C=O) groups is 2. The third-order valence-electron chi connectivity index (χ3n) is 6.06. The van der Waals surface area contributed by atoms with Crippen molar-refractivity contribution < 1.29 is 19.1 Å². The molecule has 0 aromatic rings. The Balaban J connectivity index is 0. The standard InChI is InChI=1S/2C17H30O2/c2*1-6-19-17(18)13-16(5)12-8-11-15(4)10-7-9-14(2)3/h2*8,12-15H,6-7,9-11H2,1-5H3/b2*12-8+,16-13+. The summed E-state index contributed by atoms with van der Waals surface area (Å²) < 4.78 is 9.73. The number of hydrogen-bond donors (Lipinski definition) is 0. The summed E-state index contributed by atoms with van der Waals surface area (Å²) in [6.07, 6.45) is 21.4. The molecular formula is C34H60O4. The van der Waals surface area contributed by atoms with Crippen molar-refractivity contribution in [1.82, 2.24) is 0 Å². The van der Waals surface area contributed by atoms with E-state index in [0.717, 1.165) is 35.8 Å². The number of hydrogen-bond acceptors (Lipinski definition) is 4. The predicted octanol–water partition coefficient (Wildman–Crippen LogP) is 9.81. The van der Waals surface area contributed by atoms with Gasteiger partial charge in [-0.15, -0.1) is 0 Å². The van der Waals surface area contributed by atoms with E-state index in [9.17, 15) is 9.59 Å². The molecule has 4 heteroatoms. The monoisotopic (exact) mass is 532 g/mol. The van der Waals surface area contributed by atoms with Gasteiger partial charge in [0.15, 0.2) is 0 Å². The fraction of sp³-hybridized carbons (Fsp3) is 0.706. The molecule has 0 saturated heterocycles. The molecule has 0 spiro atoms. The molecule has 0 aliphatic rings. The summed E-state index contributed by atoms with van der Waals surface area (Å²) in [4.78, 5) is 22.4. The van der Waals surface area contributed by atoms with Gasteiger partial charge in [0.1, 0.15) is 0 Å². The Morgan fingerprint density at radius 1 is 0.605 bits per heavy atom. The molecule has 0 rings (SSSR count). The highest BCUT2D eigenvalue weighted by Gasteiger charge is 2.03.